The van der Waals surface area contributed by atoms with Crippen LogP contribution in [0.3, 0.4) is 0 Å². The van der Waals surface area contributed by atoms with Crippen LogP contribution in [0.15, 0.2) is 24.5 Å². The summed E-state index contributed by atoms with van der Waals surface area (Å²) in [6.07, 6.45) is 6.06. The fourth-order valence-corrected chi connectivity index (χ4v) is 4.36. The Bertz CT molecular complexity index is 1040. The Morgan fingerprint density at radius 1 is 1.20 bits per heavy atom. The van der Waals surface area contributed by atoms with E-state index in [1.165, 1.54) is 17.4 Å². The summed E-state index contributed by atoms with van der Waals surface area (Å²) in [7, 11) is 1.79. The van der Waals surface area contributed by atoms with Gasteiger partial charge in [-0.1, -0.05) is 11.3 Å². The largest absolute Gasteiger partial charge is 0.317 e. The Morgan fingerprint density at radius 2 is 2.04 bits per heavy atom. The minimum absolute atomic E-state index is 0.323. The Kier molecular flexibility index (Phi) is 3.36. The summed E-state index contributed by atoms with van der Waals surface area (Å²) < 4.78 is 17.8. The van der Waals surface area contributed by atoms with Crippen molar-refractivity contribution in [3.05, 3.63) is 36.0 Å². The van der Waals surface area contributed by atoms with Crippen LogP contribution in [0.25, 0.3) is 26.4 Å². The van der Waals surface area contributed by atoms with Crippen LogP contribution < -0.4 is 5.32 Å². The SMILES string of the molecule is Cn1cc2cc(-c3nn4cc(C5CCNCC5)nc4s3)cc(F)c2n1. The predicted octanol–water partition coefficient (Wildman–Crippen LogP) is 2.95. The molecule has 0 atom stereocenters. The molecule has 0 radical (unpaired) electrons. The second-order valence-electron chi connectivity index (χ2n) is 6.52. The lowest BCUT2D eigenvalue weighted by Gasteiger charge is -2.20. The molecule has 25 heavy (non-hydrogen) atoms. The highest BCUT2D eigenvalue weighted by Gasteiger charge is 2.20. The molecule has 0 spiro atoms. The van der Waals surface area contributed by atoms with Crippen molar-refractivity contribution in [3.63, 3.8) is 0 Å². The van der Waals surface area contributed by atoms with Gasteiger partial charge in [-0.3, -0.25) is 4.68 Å². The number of benzene rings is 1. The molecule has 0 unspecified atom stereocenters. The van der Waals surface area contributed by atoms with Crippen molar-refractivity contribution in [1.82, 2.24) is 29.7 Å². The number of piperidine rings is 1. The van der Waals surface area contributed by atoms with Gasteiger partial charge in [-0.05, 0) is 38.1 Å². The van der Waals surface area contributed by atoms with Gasteiger partial charge in [0.15, 0.2) is 5.82 Å². The predicted molar refractivity (Wildman–Crippen MR) is 95.4 cm³/mol. The highest BCUT2D eigenvalue weighted by molar-refractivity contribution is 7.19. The van der Waals surface area contributed by atoms with Gasteiger partial charge in [0.05, 0.1) is 11.9 Å². The number of nitrogens with zero attached hydrogens (tertiary/aromatic N) is 5. The summed E-state index contributed by atoms with van der Waals surface area (Å²) in [5.74, 6) is 0.180. The van der Waals surface area contributed by atoms with Gasteiger partial charge in [0.25, 0.3) is 0 Å². The normalized spacial score (nSPS) is 16.2. The molecule has 1 saturated heterocycles. The van der Waals surface area contributed by atoms with E-state index in [1.54, 1.807) is 11.7 Å². The van der Waals surface area contributed by atoms with Gasteiger partial charge in [-0.15, -0.1) is 0 Å². The summed E-state index contributed by atoms with van der Waals surface area (Å²) in [6.45, 7) is 2.08. The fraction of sp³-hybridized carbons (Fsp3) is 0.353. The standard InChI is InChI=1S/C17H17FN6S/c1-23-8-12-6-11(7-13(18)15(12)21-23)16-22-24-9-14(20-17(24)25-16)10-2-4-19-5-3-10/h6-10,19H,2-5H2,1H3. The van der Waals surface area contributed by atoms with E-state index in [-0.39, 0.29) is 5.82 Å². The van der Waals surface area contributed by atoms with Crippen LogP contribution in [0.2, 0.25) is 0 Å². The van der Waals surface area contributed by atoms with Gasteiger partial charge in [0, 0.05) is 30.1 Å². The van der Waals surface area contributed by atoms with Crippen LogP contribution in [-0.4, -0.2) is 37.5 Å². The van der Waals surface area contributed by atoms with Crippen molar-refractivity contribution in [3.8, 4) is 10.6 Å². The quantitative estimate of drug-likeness (QED) is 0.600. The molecule has 0 bridgehead atoms. The molecule has 0 aliphatic carbocycles. The lowest BCUT2D eigenvalue weighted by Crippen LogP contribution is -2.26. The Hall–Kier alpha value is -2.32. The maximum atomic E-state index is 14.3. The number of aromatic nitrogens is 5. The van der Waals surface area contributed by atoms with Crippen molar-refractivity contribution in [1.29, 1.82) is 0 Å². The molecule has 1 aliphatic heterocycles. The number of imidazole rings is 1. The highest BCUT2D eigenvalue weighted by Crippen LogP contribution is 2.31. The summed E-state index contributed by atoms with van der Waals surface area (Å²) in [4.78, 5) is 5.61. The van der Waals surface area contributed by atoms with Gasteiger partial charge < -0.3 is 5.32 Å². The minimum atomic E-state index is -0.323. The average molecular weight is 356 g/mol. The van der Waals surface area contributed by atoms with Gasteiger partial charge in [-0.2, -0.15) is 10.2 Å². The molecule has 0 amide bonds. The number of nitrogens with one attached hydrogen (secondary N) is 1. The number of halogens is 1. The molecule has 5 rings (SSSR count). The first-order valence-electron chi connectivity index (χ1n) is 8.37. The molecule has 8 heteroatoms. The first kappa shape index (κ1) is 15.0. The summed E-state index contributed by atoms with van der Waals surface area (Å²) in [5, 5.41) is 13.7. The topological polar surface area (TPSA) is 60.0 Å². The molecule has 3 aromatic heterocycles. The third kappa shape index (κ3) is 2.52. The molecule has 6 nitrogen and oxygen atoms in total. The number of aryl methyl sites for hydroxylation is 1. The monoisotopic (exact) mass is 356 g/mol. The maximum Gasteiger partial charge on any atom is 0.212 e. The van der Waals surface area contributed by atoms with Crippen molar-refractivity contribution < 1.29 is 4.39 Å². The van der Waals surface area contributed by atoms with Gasteiger partial charge >= 0.3 is 0 Å². The van der Waals surface area contributed by atoms with Gasteiger partial charge in [0.1, 0.15) is 10.5 Å². The van der Waals surface area contributed by atoms with Gasteiger partial charge in [-0.25, -0.2) is 13.9 Å². The molecule has 128 valence electrons. The van der Waals surface area contributed by atoms with Crippen LogP contribution in [0.4, 0.5) is 4.39 Å². The number of hydrogen-bond donors (Lipinski definition) is 1. The second-order valence-corrected chi connectivity index (χ2v) is 7.48. The van der Waals surface area contributed by atoms with Crippen molar-refractivity contribution in [2.45, 2.75) is 18.8 Å². The molecule has 1 aromatic carbocycles. The summed E-state index contributed by atoms with van der Waals surface area (Å²) >= 11 is 1.49. The van der Waals surface area contributed by atoms with E-state index in [2.05, 4.69) is 15.5 Å². The van der Waals surface area contributed by atoms with E-state index in [1.807, 2.05) is 23.0 Å². The Labute approximate surface area is 147 Å². The number of fused-ring (bicyclic) bond motifs is 2. The van der Waals surface area contributed by atoms with E-state index in [0.717, 1.165) is 52.5 Å². The molecular weight excluding hydrogens is 339 g/mol. The zero-order chi connectivity index (χ0) is 17.0. The zero-order valence-electron chi connectivity index (χ0n) is 13.7. The first-order valence-corrected chi connectivity index (χ1v) is 9.19. The van der Waals surface area contributed by atoms with Crippen LogP contribution in [0.1, 0.15) is 24.5 Å². The first-order chi connectivity index (χ1) is 12.2. The van der Waals surface area contributed by atoms with Crippen LogP contribution in [-0.2, 0) is 7.05 Å². The van der Waals surface area contributed by atoms with E-state index in [9.17, 15) is 4.39 Å². The Balaban J connectivity index is 1.53. The zero-order valence-corrected chi connectivity index (χ0v) is 14.6. The summed E-state index contributed by atoms with van der Waals surface area (Å²) in [5.41, 5.74) is 2.26. The maximum absolute atomic E-state index is 14.3. The van der Waals surface area contributed by atoms with Crippen molar-refractivity contribution in [2.24, 2.45) is 7.05 Å². The molecule has 4 heterocycles. The Morgan fingerprint density at radius 3 is 2.84 bits per heavy atom. The fourth-order valence-electron chi connectivity index (χ4n) is 3.48. The molecule has 1 fully saturated rings. The minimum Gasteiger partial charge on any atom is -0.317 e. The number of rotatable bonds is 2. The molecule has 1 aliphatic rings. The van der Waals surface area contributed by atoms with E-state index >= 15 is 0 Å². The summed E-state index contributed by atoms with van der Waals surface area (Å²) in [6, 6.07) is 3.43. The lowest BCUT2D eigenvalue weighted by molar-refractivity contribution is 0.454. The second kappa shape index (κ2) is 5.60. The molecule has 4 aromatic rings. The lowest BCUT2D eigenvalue weighted by atomic mass is 9.95. The molecule has 0 saturated carbocycles. The third-order valence-corrected chi connectivity index (χ3v) is 5.71. The van der Waals surface area contributed by atoms with Crippen LogP contribution >= 0.6 is 11.3 Å². The van der Waals surface area contributed by atoms with Crippen molar-refractivity contribution >= 4 is 27.2 Å². The van der Waals surface area contributed by atoms with E-state index in [4.69, 9.17) is 4.98 Å². The molecule has 1 N–H and O–H groups in total. The van der Waals surface area contributed by atoms with Crippen LogP contribution in [0, 0.1) is 5.82 Å². The number of hydrogen-bond acceptors (Lipinski definition) is 5. The smallest absolute Gasteiger partial charge is 0.212 e. The third-order valence-electron chi connectivity index (χ3n) is 4.74. The van der Waals surface area contributed by atoms with Gasteiger partial charge in [0.2, 0.25) is 4.96 Å². The van der Waals surface area contributed by atoms with E-state index in [0.29, 0.717) is 11.4 Å². The highest BCUT2D eigenvalue weighted by atomic mass is 32.1. The van der Waals surface area contributed by atoms with Crippen LogP contribution in [0.5, 0.6) is 0 Å². The average Bonchev–Trinajstić information content (AvgIpc) is 3.27. The van der Waals surface area contributed by atoms with E-state index < -0.39 is 0 Å². The molecular formula is C17H17FN6S. The van der Waals surface area contributed by atoms with Crippen molar-refractivity contribution in [2.75, 3.05) is 13.1 Å².